The van der Waals surface area contributed by atoms with Crippen molar-refractivity contribution in [1.29, 1.82) is 0 Å². The molecule has 1 aromatic carbocycles. The van der Waals surface area contributed by atoms with Crippen LogP contribution in [0, 0.1) is 30.6 Å². The number of hydrogen-bond acceptors (Lipinski definition) is 14. The molecule has 15 nitrogen and oxygen atoms in total. The molecule has 2 fully saturated rings. The molecule has 1 amide bonds. The molecule has 0 saturated carbocycles. The highest BCUT2D eigenvalue weighted by Crippen LogP contribution is 2.49. The molecule has 0 spiro atoms. The average Bonchev–Trinajstić information content (AvgIpc) is 3.44. The largest absolute Gasteiger partial charge is 0.507 e. The number of amides is 1. The van der Waals surface area contributed by atoms with Crippen LogP contribution in [0.15, 0.2) is 47.5 Å². The van der Waals surface area contributed by atoms with Gasteiger partial charge in [0, 0.05) is 68.9 Å². The Morgan fingerprint density at radius 2 is 1.51 bits per heavy atom. The SMILES string of the molecule is COC1C=COC2(C)Oc3c(C)c(O)c4c(c3C2=O)C(=O)C(N2CC(C)OC(C)C2)=C(NC(=O)C(C)=CC=CC(C)C2OC(C)(C)OC(C2C)C(C)C(OC(C)=O)C1C)C4=O. The summed E-state index contributed by atoms with van der Waals surface area (Å²) in [7, 11) is 1.50. The molecule has 0 radical (unpaired) electrons. The van der Waals surface area contributed by atoms with E-state index in [0.717, 1.165) is 0 Å². The van der Waals surface area contributed by atoms with Crippen LogP contribution in [-0.2, 0) is 38.0 Å². The number of phenolic OH excluding ortho intramolecular Hbond substituents is 1. The Hall–Kier alpha value is -4.83. The van der Waals surface area contributed by atoms with Crippen LogP contribution < -0.4 is 10.1 Å². The number of nitrogens with zero attached hydrogens (tertiary/aromatic N) is 1. The van der Waals surface area contributed by atoms with E-state index in [0.29, 0.717) is 0 Å². The van der Waals surface area contributed by atoms with E-state index < -0.39 is 76.3 Å². The number of aromatic hydroxyl groups is 1. The summed E-state index contributed by atoms with van der Waals surface area (Å²) in [6.45, 7) is 21.3. The minimum Gasteiger partial charge on any atom is -0.507 e. The first-order valence-corrected chi connectivity index (χ1v) is 21.0. The molecule has 0 aromatic heterocycles. The lowest BCUT2D eigenvalue weighted by Gasteiger charge is -2.50. The quantitative estimate of drug-likeness (QED) is 0.345. The van der Waals surface area contributed by atoms with Gasteiger partial charge in [-0.25, -0.2) is 0 Å². The van der Waals surface area contributed by atoms with Crippen LogP contribution in [0.25, 0.3) is 0 Å². The Morgan fingerprint density at radius 1 is 0.869 bits per heavy atom. The number of hydrogen-bond donors (Lipinski definition) is 2. The number of nitrogens with one attached hydrogen (secondary N) is 1. The average molecular weight is 849 g/mol. The van der Waals surface area contributed by atoms with E-state index in [4.69, 9.17) is 33.2 Å². The molecule has 332 valence electrons. The van der Waals surface area contributed by atoms with Gasteiger partial charge in [0.15, 0.2) is 5.79 Å². The van der Waals surface area contributed by atoms with Crippen molar-refractivity contribution in [3.8, 4) is 11.5 Å². The third-order valence-electron chi connectivity index (χ3n) is 12.4. The van der Waals surface area contributed by atoms with Crippen LogP contribution in [-0.4, -0.2) is 108 Å². The minimum atomic E-state index is -2.05. The number of Topliss-reactive ketones (excluding diaryl/α,β-unsaturated/α-hetero) is 3. The molecule has 2 N–H and O–H groups in total. The standard InChI is InChI=1S/C46H60N2O13/c1-21-15-14-16-22(2)44(54)47-34-35(48-19-23(3)57-24(4)20-48)38(52)31-32(37(34)51)36(50)26(6)42-33(31)43(53)46(12,61-42)56-18-17-30(55-13)25(5)40(58-29(9)49)28(8)41-27(7)39(21)59-45(10,11)60-41/h14-18,21,23-25,27-28,30,39-41,50H,19-20H2,1-13H3,(H,47,54). The Bertz CT molecular complexity index is 2110. The minimum absolute atomic E-state index is 0.0265. The second kappa shape index (κ2) is 17.1. The lowest BCUT2D eigenvalue weighted by Crippen LogP contribution is -2.56. The maximum absolute atomic E-state index is 15.0. The highest BCUT2D eigenvalue weighted by Gasteiger charge is 2.54. The number of carbonyl (C=O) groups excluding carboxylic acids is 5. The smallest absolute Gasteiger partial charge is 0.312 e. The molecule has 7 bridgehead atoms. The van der Waals surface area contributed by atoms with Gasteiger partial charge >= 0.3 is 11.8 Å². The maximum atomic E-state index is 15.0. The van der Waals surface area contributed by atoms with Crippen LogP contribution in [0.4, 0.5) is 0 Å². The number of allylic oxidation sites excluding steroid dienone is 4. The number of rotatable bonds is 3. The van der Waals surface area contributed by atoms with Crippen molar-refractivity contribution < 1.29 is 62.2 Å². The summed E-state index contributed by atoms with van der Waals surface area (Å²) in [6.07, 6.45) is 5.14. The Labute approximate surface area is 357 Å². The summed E-state index contributed by atoms with van der Waals surface area (Å²) in [4.78, 5) is 72.5. The lowest BCUT2D eigenvalue weighted by molar-refractivity contribution is -0.336. The van der Waals surface area contributed by atoms with Crippen molar-refractivity contribution in [3.63, 3.8) is 0 Å². The molecule has 2 saturated heterocycles. The first-order valence-electron chi connectivity index (χ1n) is 21.0. The topological polar surface area (TPSA) is 185 Å². The lowest BCUT2D eigenvalue weighted by atomic mass is 9.77. The molecule has 11 atom stereocenters. The van der Waals surface area contributed by atoms with Gasteiger partial charge < -0.3 is 48.5 Å². The van der Waals surface area contributed by atoms with E-state index in [1.165, 1.54) is 34.1 Å². The van der Waals surface area contributed by atoms with Crippen molar-refractivity contribution in [2.45, 2.75) is 131 Å². The number of morpholine rings is 1. The number of ether oxygens (including phenoxy) is 7. The molecular weight excluding hydrogens is 789 g/mol. The highest BCUT2D eigenvalue weighted by atomic mass is 16.7. The zero-order chi connectivity index (χ0) is 45.0. The molecular formula is C46H60N2O13. The van der Waals surface area contributed by atoms with Gasteiger partial charge in [0.05, 0.1) is 53.5 Å². The van der Waals surface area contributed by atoms with Crippen molar-refractivity contribution >= 4 is 29.2 Å². The summed E-state index contributed by atoms with van der Waals surface area (Å²) in [5.74, 6) is -8.50. The molecule has 1 aliphatic carbocycles. The van der Waals surface area contributed by atoms with Gasteiger partial charge in [0.2, 0.25) is 11.6 Å². The van der Waals surface area contributed by atoms with Gasteiger partial charge in [0.1, 0.15) is 29.0 Å². The van der Waals surface area contributed by atoms with Crippen LogP contribution in [0.3, 0.4) is 0 Å². The summed E-state index contributed by atoms with van der Waals surface area (Å²) in [6, 6.07) is 0. The Balaban J connectivity index is 1.52. The zero-order valence-corrected chi connectivity index (χ0v) is 37.4. The zero-order valence-electron chi connectivity index (χ0n) is 37.4. The fourth-order valence-electron chi connectivity index (χ4n) is 9.42. The van der Waals surface area contributed by atoms with Crippen molar-refractivity contribution in [2.75, 3.05) is 20.2 Å². The van der Waals surface area contributed by atoms with Crippen LogP contribution >= 0.6 is 0 Å². The summed E-state index contributed by atoms with van der Waals surface area (Å²) >= 11 is 0. The van der Waals surface area contributed by atoms with E-state index in [1.54, 1.807) is 30.1 Å². The van der Waals surface area contributed by atoms with Gasteiger partial charge in [0.25, 0.3) is 11.7 Å². The van der Waals surface area contributed by atoms with Gasteiger partial charge in [-0.2, -0.15) is 0 Å². The number of benzene rings is 1. The second-order valence-electron chi connectivity index (χ2n) is 17.8. The fourth-order valence-corrected chi connectivity index (χ4v) is 9.42. The normalized spacial score (nSPS) is 34.4. The van der Waals surface area contributed by atoms with Gasteiger partial charge in [-0.3, -0.25) is 24.0 Å². The van der Waals surface area contributed by atoms with E-state index in [9.17, 15) is 29.1 Å². The monoisotopic (exact) mass is 848 g/mol. The summed E-state index contributed by atoms with van der Waals surface area (Å²) < 4.78 is 43.1. The number of ketones is 3. The third kappa shape index (κ3) is 8.54. The summed E-state index contributed by atoms with van der Waals surface area (Å²) in [5.41, 5.74) is -1.23. The predicted molar refractivity (Wildman–Crippen MR) is 222 cm³/mol. The van der Waals surface area contributed by atoms with Crippen molar-refractivity contribution in [2.24, 2.45) is 23.7 Å². The third-order valence-corrected chi connectivity index (χ3v) is 12.4. The van der Waals surface area contributed by atoms with Crippen LogP contribution in [0.2, 0.25) is 0 Å². The Morgan fingerprint density at radius 3 is 2.13 bits per heavy atom. The molecule has 1 aromatic rings. The molecule has 61 heavy (non-hydrogen) atoms. The van der Waals surface area contributed by atoms with E-state index in [-0.39, 0.29) is 88.6 Å². The number of phenols is 1. The molecule has 5 heterocycles. The molecule has 7 rings (SSSR count). The second-order valence-corrected chi connectivity index (χ2v) is 17.8. The van der Waals surface area contributed by atoms with Gasteiger partial charge in [-0.1, -0.05) is 45.9 Å². The summed E-state index contributed by atoms with van der Waals surface area (Å²) in [5, 5.41) is 14.3. The Kier molecular flexibility index (Phi) is 12.8. The molecule has 6 aliphatic rings. The van der Waals surface area contributed by atoms with E-state index in [2.05, 4.69) is 5.32 Å². The number of esters is 1. The molecule has 11 unspecified atom stereocenters. The first-order chi connectivity index (χ1) is 28.5. The maximum Gasteiger partial charge on any atom is 0.312 e. The van der Waals surface area contributed by atoms with Crippen molar-refractivity contribution in [3.05, 3.63) is 69.8 Å². The predicted octanol–water partition coefficient (Wildman–Crippen LogP) is 5.87. The highest BCUT2D eigenvalue weighted by molar-refractivity contribution is 6.32. The van der Waals surface area contributed by atoms with Gasteiger partial charge in [-0.05, 0) is 47.6 Å². The van der Waals surface area contributed by atoms with Gasteiger partial charge in [-0.15, -0.1) is 0 Å². The first kappa shape index (κ1) is 45.7. The van der Waals surface area contributed by atoms with Crippen LogP contribution in [0.5, 0.6) is 11.5 Å². The van der Waals surface area contributed by atoms with E-state index in [1.807, 2.05) is 61.5 Å². The number of carbonyl (C=O) groups is 5. The van der Waals surface area contributed by atoms with Crippen molar-refractivity contribution in [1.82, 2.24) is 10.2 Å². The fraction of sp³-hybridized carbons (Fsp3) is 0.587. The van der Waals surface area contributed by atoms with Crippen LogP contribution in [0.1, 0.15) is 113 Å². The number of methoxy groups -OCH3 is 1. The van der Waals surface area contributed by atoms with E-state index >= 15 is 0 Å². The molecule has 15 heteroatoms. The molecule has 5 aliphatic heterocycles. The number of fused-ring (bicyclic) bond motifs is 10.